The molecule has 2 heterocycles. The zero-order chi connectivity index (χ0) is 15.3. The van der Waals surface area contributed by atoms with E-state index in [2.05, 4.69) is 17.3 Å². The molecule has 6 heteroatoms. The smallest absolute Gasteiger partial charge is 0.214 e. The summed E-state index contributed by atoms with van der Waals surface area (Å²) in [5.41, 5.74) is 0. The summed E-state index contributed by atoms with van der Waals surface area (Å²) in [6, 6.07) is 1.10. The predicted octanol–water partition coefficient (Wildman–Crippen LogP) is 1.26. The number of likely N-dealkylation sites (tertiary alicyclic amines) is 1. The van der Waals surface area contributed by atoms with E-state index < -0.39 is 10.0 Å². The molecule has 5 nitrogen and oxygen atoms in total. The van der Waals surface area contributed by atoms with Crippen molar-refractivity contribution in [3.8, 4) is 0 Å². The number of hydrogen-bond acceptors (Lipinski definition) is 4. The Kier molecular flexibility index (Phi) is 6.47. The van der Waals surface area contributed by atoms with E-state index in [1.54, 1.807) is 4.31 Å². The van der Waals surface area contributed by atoms with Crippen molar-refractivity contribution in [1.82, 2.24) is 14.5 Å². The van der Waals surface area contributed by atoms with Crippen molar-refractivity contribution in [2.45, 2.75) is 57.5 Å². The lowest BCUT2D eigenvalue weighted by molar-refractivity contribution is 0.264. The molecule has 0 aromatic heterocycles. The van der Waals surface area contributed by atoms with Crippen LogP contribution in [-0.4, -0.2) is 68.7 Å². The third kappa shape index (κ3) is 5.20. The first-order valence-corrected chi connectivity index (χ1v) is 10.0. The maximum Gasteiger partial charge on any atom is 0.214 e. The highest BCUT2D eigenvalue weighted by atomic mass is 32.2. The molecule has 0 radical (unpaired) electrons. The van der Waals surface area contributed by atoms with Gasteiger partial charge in [0.2, 0.25) is 10.0 Å². The number of nitrogens with one attached hydrogen (secondary N) is 1. The van der Waals surface area contributed by atoms with Gasteiger partial charge in [-0.05, 0) is 58.7 Å². The van der Waals surface area contributed by atoms with Gasteiger partial charge in [-0.15, -0.1) is 0 Å². The highest BCUT2D eigenvalue weighted by molar-refractivity contribution is 7.89. The van der Waals surface area contributed by atoms with Crippen molar-refractivity contribution in [1.29, 1.82) is 0 Å². The fraction of sp³-hybridized carbons (Fsp3) is 1.00. The van der Waals surface area contributed by atoms with Gasteiger partial charge in [0.1, 0.15) is 0 Å². The quantitative estimate of drug-likeness (QED) is 0.829. The Hall–Kier alpha value is -0.170. The van der Waals surface area contributed by atoms with Gasteiger partial charge in [-0.3, -0.25) is 0 Å². The van der Waals surface area contributed by atoms with Gasteiger partial charge >= 0.3 is 0 Å². The van der Waals surface area contributed by atoms with E-state index in [-0.39, 0.29) is 0 Å². The lowest BCUT2D eigenvalue weighted by Crippen LogP contribution is -2.48. The summed E-state index contributed by atoms with van der Waals surface area (Å²) in [5, 5.41) is 3.77. The Morgan fingerprint density at radius 1 is 1.00 bits per heavy atom. The molecule has 2 saturated heterocycles. The minimum absolute atomic E-state index is 0.292. The molecule has 2 fully saturated rings. The van der Waals surface area contributed by atoms with Gasteiger partial charge in [0, 0.05) is 25.2 Å². The topological polar surface area (TPSA) is 52.7 Å². The minimum atomic E-state index is -3.00. The molecule has 1 N–H and O–H groups in total. The second-order valence-electron chi connectivity index (χ2n) is 6.59. The summed E-state index contributed by atoms with van der Waals surface area (Å²) in [7, 11) is -0.810. The first-order valence-electron chi connectivity index (χ1n) is 8.43. The number of nitrogens with zero attached hydrogens (tertiary/aromatic N) is 2. The normalized spacial score (nSPS) is 27.6. The molecule has 0 bridgehead atoms. The summed E-state index contributed by atoms with van der Waals surface area (Å²) in [5.74, 6) is 0.292. The molecular weight excluding hydrogens is 286 g/mol. The largest absolute Gasteiger partial charge is 0.311 e. The molecule has 2 rings (SSSR count). The first-order chi connectivity index (χ1) is 10.0. The van der Waals surface area contributed by atoms with Gasteiger partial charge in [0.15, 0.2) is 0 Å². The number of hydrogen-bond donors (Lipinski definition) is 1. The Morgan fingerprint density at radius 2 is 1.62 bits per heavy atom. The van der Waals surface area contributed by atoms with Crippen LogP contribution in [0.25, 0.3) is 0 Å². The average molecular weight is 317 g/mol. The number of rotatable bonds is 5. The molecule has 1 atom stereocenters. The number of piperidine rings is 1. The highest BCUT2D eigenvalue weighted by Gasteiger charge is 2.28. The van der Waals surface area contributed by atoms with Crippen molar-refractivity contribution >= 4 is 10.0 Å². The summed E-state index contributed by atoms with van der Waals surface area (Å²) in [4.78, 5) is 2.40. The standard InChI is InChI=1S/C15H31N3O2S/c1-3-13-21(19,20)18-11-7-15(8-12-18)16-14-5-4-9-17(2)10-6-14/h14-16H,3-13H2,1-2H3. The van der Waals surface area contributed by atoms with Crippen LogP contribution in [-0.2, 0) is 10.0 Å². The van der Waals surface area contributed by atoms with Crippen LogP contribution >= 0.6 is 0 Å². The molecule has 0 spiro atoms. The SMILES string of the molecule is CCCS(=O)(=O)N1CCC(NC2CCCN(C)CC2)CC1. The molecule has 0 saturated carbocycles. The van der Waals surface area contributed by atoms with E-state index in [0.717, 1.165) is 12.8 Å². The van der Waals surface area contributed by atoms with Crippen LogP contribution in [0.4, 0.5) is 0 Å². The molecule has 1 unspecified atom stereocenters. The summed E-state index contributed by atoms with van der Waals surface area (Å²) >= 11 is 0. The van der Waals surface area contributed by atoms with Gasteiger partial charge in [-0.1, -0.05) is 6.92 Å². The molecule has 0 aliphatic carbocycles. The van der Waals surface area contributed by atoms with E-state index in [1.165, 1.54) is 32.4 Å². The van der Waals surface area contributed by atoms with Crippen LogP contribution in [0.2, 0.25) is 0 Å². The van der Waals surface area contributed by atoms with Crippen molar-refractivity contribution in [2.75, 3.05) is 39.0 Å². The van der Waals surface area contributed by atoms with Crippen LogP contribution in [0.5, 0.6) is 0 Å². The fourth-order valence-electron chi connectivity index (χ4n) is 3.43. The maximum absolute atomic E-state index is 12.1. The summed E-state index contributed by atoms with van der Waals surface area (Å²) in [6.07, 6.45) is 6.34. The van der Waals surface area contributed by atoms with Crippen LogP contribution in [0.15, 0.2) is 0 Å². The highest BCUT2D eigenvalue weighted by Crippen LogP contribution is 2.18. The third-order valence-electron chi connectivity index (χ3n) is 4.73. The van der Waals surface area contributed by atoms with Crippen LogP contribution in [0.3, 0.4) is 0 Å². The monoisotopic (exact) mass is 317 g/mol. The van der Waals surface area contributed by atoms with Gasteiger partial charge in [0.05, 0.1) is 5.75 Å². The maximum atomic E-state index is 12.1. The van der Waals surface area contributed by atoms with E-state index in [4.69, 9.17) is 0 Å². The van der Waals surface area contributed by atoms with Gasteiger partial charge in [-0.25, -0.2) is 12.7 Å². The average Bonchev–Trinajstić information content (AvgIpc) is 2.64. The van der Waals surface area contributed by atoms with Gasteiger partial charge in [-0.2, -0.15) is 0 Å². The number of sulfonamides is 1. The first kappa shape index (κ1) is 17.2. The van der Waals surface area contributed by atoms with Crippen molar-refractivity contribution in [2.24, 2.45) is 0 Å². The molecule has 2 aliphatic rings. The van der Waals surface area contributed by atoms with Gasteiger partial charge < -0.3 is 10.2 Å². The zero-order valence-electron chi connectivity index (χ0n) is 13.6. The Bertz CT molecular complexity index is 405. The van der Waals surface area contributed by atoms with Crippen molar-refractivity contribution < 1.29 is 8.42 Å². The Balaban J connectivity index is 1.76. The fourth-order valence-corrected chi connectivity index (χ4v) is 4.97. The Labute approximate surface area is 130 Å². The van der Waals surface area contributed by atoms with Crippen molar-refractivity contribution in [3.05, 3.63) is 0 Å². The molecular formula is C15H31N3O2S. The molecule has 21 heavy (non-hydrogen) atoms. The molecule has 0 amide bonds. The second-order valence-corrected chi connectivity index (χ2v) is 8.68. The Morgan fingerprint density at radius 3 is 2.29 bits per heavy atom. The summed E-state index contributed by atoms with van der Waals surface area (Å²) in [6.45, 7) is 5.67. The third-order valence-corrected chi connectivity index (χ3v) is 6.81. The van der Waals surface area contributed by atoms with Crippen molar-refractivity contribution in [3.63, 3.8) is 0 Å². The predicted molar refractivity (Wildman–Crippen MR) is 86.9 cm³/mol. The van der Waals surface area contributed by atoms with Crippen LogP contribution in [0, 0.1) is 0 Å². The lowest BCUT2D eigenvalue weighted by Gasteiger charge is -2.33. The molecule has 0 aromatic carbocycles. The zero-order valence-corrected chi connectivity index (χ0v) is 14.4. The van der Waals surface area contributed by atoms with Crippen LogP contribution < -0.4 is 5.32 Å². The van der Waals surface area contributed by atoms with Gasteiger partial charge in [0.25, 0.3) is 0 Å². The lowest BCUT2D eigenvalue weighted by atomic mass is 10.0. The van der Waals surface area contributed by atoms with E-state index >= 15 is 0 Å². The van der Waals surface area contributed by atoms with Crippen LogP contribution in [0.1, 0.15) is 45.4 Å². The summed E-state index contributed by atoms with van der Waals surface area (Å²) < 4.78 is 25.8. The van der Waals surface area contributed by atoms with E-state index in [9.17, 15) is 8.42 Å². The molecule has 2 aliphatic heterocycles. The van der Waals surface area contributed by atoms with E-state index in [1.807, 2.05) is 6.92 Å². The second kappa shape index (κ2) is 7.90. The molecule has 124 valence electrons. The molecule has 0 aromatic rings. The van der Waals surface area contributed by atoms with E-state index in [0.29, 0.717) is 37.3 Å². The minimum Gasteiger partial charge on any atom is -0.311 e.